The standard InChI is InChI=1S/C20H19N3O4S2/c1-26-15-10-8-14(9-11-15)13-23-16-5-3-6-17(27-2)19(16)20(21-23)22-29(24,25)18-7-4-12-28-18/h3-12H,13H2,1-2H3,(H,21,22). The quantitative estimate of drug-likeness (QED) is 0.481. The average molecular weight is 430 g/mol. The Hall–Kier alpha value is -3.04. The first kappa shape index (κ1) is 19.3. The number of benzene rings is 2. The predicted molar refractivity (Wildman–Crippen MR) is 114 cm³/mol. The number of nitrogens with one attached hydrogen (secondary N) is 1. The summed E-state index contributed by atoms with van der Waals surface area (Å²) in [6.45, 7) is 0.467. The minimum Gasteiger partial charge on any atom is -0.497 e. The number of thiophene rings is 1. The molecule has 2 aromatic heterocycles. The van der Waals surface area contributed by atoms with Gasteiger partial charge in [0.1, 0.15) is 15.7 Å². The third-order valence-electron chi connectivity index (χ3n) is 4.44. The summed E-state index contributed by atoms with van der Waals surface area (Å²) in [6, 6.07) is 16.4. The summed E-state index contributed by atoms with van der Waals surface area (Å²) < 4.78 is 40.7. The van der Waals surface area contributed by atoms with Crippen LogP contribution in [-0.4, -0.2) is 32.4 Å². The molecule has 0 saturated carbocycles. The molecular weight excluding hydrogens is 410 g/mol. The van der Waals surface area contributed by atoms with E-state index in [1.165, 1.54) is 0 Å². The van der Waals surface area contributed by atoms with Crippen molar-refractivity contribution in [3.63, 3.8) is 0 Å². The van der Waals surface area contributed by atoms with Gasteiger partial charge in [0.15, 0.2) is 5.82 Å². The predicted octanol–water partition coefficient (Wildman–Crippen LogP) is 3.96. The van der Waals surface area contributed by atoms with Crippen LogP contribution in [0.5, 0.6) is 11.5 Å². The lowest BCUT2D eigenvalue weighted by Crippen LogP contribution is -2.12. The van der Waals surface area contributed by atoms with Crippen molar-refractivity contribution in [1.29, 1.82) is 0 Å². The number of nitrogens with zero attached hydrogens (tertiary/aromatic N) is 2. The van der Waals surface area contributed by atoms with Crippen molar-refractivity contribution in [3.05, 3.63) is 65.5 Å². The van der Waals surface area contributed by atoms with Crippen LogP contribution in [0.4, 0.5) is 5.82 Å². The molecule has 0 saturated heterocycles. The Morgan fingerprint density at radius 2 is 1.83 bits per heavy atom. The van der Waals surface area contributed by atoms with Crippen molar-refractivity contribution in [2.75, 3.05) is 18.9 Å². The summed E-state index contributed by atoms with van der Waals surface area (Å²) in [5.41, 5.74) is 1.77. The molecule has 0 bridgehead atoms. The lowest BCUT2D eigenvalue weighted by Gasteiger charge is -2.06. The largest absolute Gasteiger partial charge is 0.497 e. The van der Waals surface area contributed by atoms with Crippen molar-refractivity contribution in [1.82, 2.24) is 9.78 Å². The van der Waals surface area contributed by atoms with Crippen molar-refractivity contribution in [2.45, 2.75) is 10.8 Å². The molecular formula is C20H19N3O4S2. The van der Waals surface area contributed by atoms with Gasteiger partial charge < -0.3 is 9.47 Å². The lowest BCUT2D eigenvalue weighted by atomic mass is 10.2. The van der Waals surface area contributed by atoms with Crippen LogP contribution in [0.25, 0.3) is 10.9 Å². The average Bonchev–Trinajstić information content (AvgIpc) is 3.38. The molecule has 0 fully saturated rings. The Labute approximate surface area is 172 Å². The number of rotatable bonds is 7. The maximum atomic E-state index is 12.7. The molecule has 2 aromatic carbocycles. The van der Waals surface area contributed by atoms with Crippen LogP contribution in [0.1, 0.15) is 5.56 Å². The molecule has 0 aliphatic rings. The zero-order valence-electron chi connectivity index (χ0n) is 15.8. The zero-order valence-corrected chi connectivity index (χ0v) is 17.5. The van der Waals surface area contributed by atoms with E-state index in [0.717, 1.165) is 28.2 Å². The van der Waals surface area contributed by atoms with Crippen molar-refractivity contribution < 1.29 is 17.9 Å². The second-order valence-corrected chi connectivity index (χ2v) is 9.10. The van der Waals surface area contributed by atoms with Crippen LogP contribution in [0, 0.1) is 0 Å². The summed E-state index contributed by atoms with van der Waals surface area (Å²) in [5.74, 6) is 1.55. The van der Waals surface area contributed by atoms with E-state index in [-0.39, 0.29) is 10.0 Å². The van der Waals surface area contributed by atoms with E-state index in [2.05, 4.69) is 9.82 Å². The van der Waals surface area contributed by atoms with Crippen molar-refractivity contribution >= 4 is 38.1 Å². The number of ether oxygens (including phenoxy) is 2. The Morgan fingerprint density at radius 1 is 1.03 bits per heavy atom. The van der Waals surface area contributed by atoms with Gasteiger partial charge in [-0.2, -0.15) is 5.10 Å². The monoisotopic (exact) mass is 429 g/mol. The lowest BCUT2D eigenvalue weighted by molar-refractivity contribution is 0.414. The fourth-order valence-corrected chi connectivity index (χ4v) is 5.06. The first-order valence-electron chi connectivity index (χ1n) is 8.74. The highest BCUT2D eigenvalue weighted by Crippen LogP contribution is 2.34. The molecule has 0 unspecified atom stereocenters. The fraction of sp³-hybridized carbons (Fsp3) is 0.150. The topological polar surface area (TPSA) is 82.5 Å². The number of sulfonamides is 1. The summed E-state index contributed by atoms with van der Waals surface area (Å²) >= 11 is 1.15. The summed E-state index contributed by atoms with van der Waals surface area (Å²) in [4.78, 5) is 0. The van der Waals surface area contributed by atoms with E-state index in [1.54, 1.807) is 42.5 Å². The van der Waals surface area contributed by atoms with Crippen molar-refractivity contribution in [3.8, 4) is 11.5 Å². The van der Waals surface area contributed by atoms with Crippen LogP contribution >= 0.6 is 11.3 Å². The number of aromatic nitrogens is 2. The minimum atomic E-state index is -3.73. The van der Waals surface area contributed by atoms with Gasteiger partial charge in [-0.15, -0.1) is 11.3 Å². The van der Waals surface area contributed by atoms with Gasteiger partial charge in [-0.25, -0.2) is 8.42 Å². The highest BCUT2D eigenvalue weighted by Gasteiger charge is 2.22. The molecule has 9 heteroatoms. The van der Waals surface area contributed by atoms with E-state index < -0.39 is 10.0 Å². The first-order valence-corrected chi connectivity index (χ1v) is 11.1. The third kappa shape index (κ3) is 3.79. The summed E-state index contributed by atoms with van der Waals surface area (Å²) in [5, 5.41) is 6.88. The van der Waals surface area contributed by atoms with Gasteiger partial charge in [0.2, 0.25) is 0 Å². The Bertz CT molecular complexity index is 1230. The molecule has 0 radical (unpaired) electrons. The van der Waals surface area contributed by atoms with Gasteiger partial charge in [0.25, 0.3) is 10.0 Å². The molecule has 150 valence electrons. The molecule has 0 atom stereocenters. The maximum Gasteiger partial charge on any atom is 0.272 e. The third-order valence-corrected chi connectivity index (χ3v) is 7.18. The van der Waals surface area contributed by atoms with Crippen LogP contribution < -0.4 is 14.2 Å². The first-order chi connectivity index (χ1) is 14.0. The highest BCUT2D eigenvalue weighted by atomic mass is 32.2. The summed E-state index contributed by atoms with van der Waals surface area (Å²) in [7, 11) is -0.566. The molecule has 29 heavy (non-hydrogen) atoms. The van der Waals surface area contributed by atoms with Crippen molar-refractivity contribution in [2.24, 2.45) is 0 Å². The van der Waals surface area contributed by atoms with Gasteiger partial charge in [-0.1, -0.05) is 24.3 Å². The van der Waals surface area contributed by atoms with Crippen LogP contribution in [-0.2, 0) is 16.6 Å². The van der Waals surface area contributed by atoms with Crippen LogP contribution in [0.2, 0.25) is 0 Å². The van der Waals surface area contributed by atoms with E-state index >= 15 is 0 Å². The molecule has 2 heterocycles. The molecule has 1 N–H and O–H groups in total. The van der Waals surface area contributed by atoms with E-state index in [1.807, 2.05) is 36.4 Å². The zero-order chi connectivity index (χ0) is 20.4. The molecule has 4 rings (SSSR count). The number of hydrogen-bond donors (Lipinski definition) is 1. The van der Waals surface area contributed by atoms with Gasteiger partial charge in [0.05, 0.1) is 31.7 Å². The van der Waals surface area contributed by atoms with Gasteiger partial charge >= 0.3 is 0 Å². The summed E-state index contributed by atoms with van der Waals surface area (Å²) in [6.07, 6.45) is 0. The maximum absolute atomic E-state index is 12.7. The van der Waals surface area contributed by atoms with Crippen LogP contribution in [0.15, 0.2) is 64.2 Å². The Kier molecular flexibility index (Phi) is 5.16. The second-order valence-electron chi connectivity index (χ2n) is 6.25. The second kappa shape index (κ2) is 7.76. The highest BCUT2D eigenvalue weighted by molar-refractivity contribution is 7.94. The SMILES string of the molecule is COc1ccc(Cn2nc(NS(=O)(=O)c3cccs3)c3c(OC)cccc32)cc1. The normalized spacial score (nSPS) is 11.5. The Morgan fingerprint density at radius 3 is 2.48 bits per heavy atom. The van der Waals surface area contributed by atoms with E-state index in [4.69, 9.17) is 9.47 Å². The van der Waals surface area contributed by atoms with Crippen LogP contribution in [0.3, 0.4) is 0 Å². The molecule has 0 spiro atoms. The smallest absolute Gasteiger partial charge is 0.272 e. The molecule has 4 aromatic rings. The van der Waals surface area contributed by atoms with E-state index in [0.29, 0.717) is 17.7 Å². The molecule has 0 aliphatic carbocycles. The van der Waals surface area contributed by atoms with Gasteiger partial charge in [-0.05, 0) is 41.3 Å². The Balaban J connectivity index is 1.78. The minimum absolute atomic E-state index is 0.227. The fourth-order valence-electron chi connectivity index (χ4n) is 3.06. The number of hydrogen-bond acceptors (Lipinski definition) is 6. The van der Waals surface area contributed by atoms with E-state index in [9.17, 15) is 8.42 Å². The number of methoxy groups -OCH3 is 2. The molecule has 0 aliphatic heterocycles. The molecule has 7 nitrogen and oxygen atoms in total. The van der Waals surface area contributed by atoms with Gasteiger partial charge in [-0.3, -0.25) is 9.40 Å². The van der Waals surface area contributed by atoms with Gasteiger partial charge in [0, 0.05) is 0 Å². The molecule has 0 amide bonds. The number of fused-ring (bicyclic) bond motifs is 1. The number of anilines is 1.